The largest absolute Gasteiger partial charge is 0.395 e. The van der Waals surface area contributed by atoms with Crippen molar-refractivity contribution in [3.63, 3.8) is 0 Å². The molecule has 33 heavy (non-hydrogen) atoms. The number of nitrogens with one attached hydrogen (secondary N) is 2. The lowest BCUT2D eigenvalue weighted by atomic mass is 9.87. The number of nitrogens with zero attached hydrogens (tertiary/aromatic N) is 1. The number of carbonyl (C=O) groups excluding carboxylic acids is 1. The number of sulfonamides is 1. The van der Waals surface area contributed by atoms with Gasteiger partial charge >= 0.3 is 0 Å². The molecule has 1 aromatic carbocycles. The number of allylic oxidation sites excluding steroid dienone is 2. The van der Waals surface area contributed by atoms with E-state index in [1.165, 1.54) is 4.31 Å². The first kappa shape index (κ1) is 25.7. The zero-order valence-electron chi connectivity index (χ0n) is 19.3. The highest BCUT2D eigenvalue weighted by molar-refractivity contribution is 7.96. The van der Waals surface area contributed by atoms with E-state index in [1.807, 2.05) is 31.2 Å². The number of anilines is 1. The molecule has 2 aliphatic rings. The number of halogens is 1. The van der Waals surface area contributed by atoms with Crippen molar-refractivity contribution in [2.45, 2.75) is 51.5 Å². The predicted octanol–water partition coefficient (Wildman–Crippen LogP) is 3.57. The summed E-state index contributed by atoms with van der Waals surface area (Å²) in [5, 5.41) is 15.6. The van der Waals surface area contributed by atoms with Crippen molar-refractivity contribution in [3.05, 3.63) is 51.4 Å². The zero-order valence-corrected chi connectivity index (χ0v) is 20.9. The van der Waals surface area contributed by atoms with Gasteiger partial charge in [-0.25, -0.2) is 8.42 Å². The first-order valence-corrected chi connectivity index (χ1v) is 13.4. The maximum atomic E-state index is 13.4. The molecular weight excluding hydrogens is 462 g/mol. The van der Waals surface area contributed by atoms with Crippen LogP contribution in [0.2, 0.25) is 0 Å². The lowest BCUT2D eigenvalue weighted by Crippen LogP contribution is -2.28. The van der Waals surface area contributed by atoms with Gasteiger partial charge in [-0.05, 0) is 55.0 Å². The van der Waals surface area contributed by atoms with E-state index >= 15 is 0 Å². The zero-order chi connectivity index (χ0) is 24.0. The minimum absolute atomic E-state index is 0.0276. The van der Waals surface area contributed by atoms with Crippen LogP contribution in [0.4, 0.5) is 5.69 Å². The summed E-state index contributed by atoms with van der Waals surface area (Å²) in [5.74, 6) is 0.0395. The second-order valence-electron chi connectivity index (χ2n) is 8.68. The molecule has 0 fully saturated rings. The van der Waals surface area contributed by atoms with Crippen LogP contribution in [0.3, 0.4) is 0 Å². The first-order valence-electron chi connectivity index (χ1n) is 11.6. The third-order valence-electron chi connectivity index (χ3n) is 6.27. The monoisotopic (exact) mass is 495 g/mol. The molecule has 182 valence electrons. The molecule has 2 atom stereocenters. The third kappa shape index (κ3) is 5.98. The summed E-state index contributed by atoms with van der Waals surface area (Å²) in [4.78, 5) is 11.9. The normalized spacial score (nSPS) is 21.7. The molecule has 1 aliphatic carbocycles. The number of hydrogen-bond donors (Lipinski definition) is 3. The van der Waals surface area contributed by atoms with Crippen LogP contribution in [-0.4, -0.2) is 46.2 Å². The molecule has 0 radical (unpaired) electrons. The number of aliphatic hydroxyl groups is 1. The standard InChI is InChI=1S/C24H34ClN3O4S/c1-17-15-19-22(16-20(17)25)33(31,32)28(2)21-10-7-6-9-18(21)24(19)27-12-8-4-3-5-11-23(30)26-13-14-29/h6-7,9-10,16-17,24,27,29H,3-5,8,11-15H2,1-2H3,(H,26,30). The van der Waals surface area contributed by atoms with Crippen molar-refractivity contribution in [2.24, 2.45) is 5.92 Å². The topological polar surface area (TPSA) is 98.7 Å². The molecule has 7 nitrogen and oxygen atoms in total. The van der Waals surface area contributed by atoms with Gasteiger partial charge in [0, 0.05) is 25.0 Å². The number of fused-ring (bicyclic) bond motifs is 1. The van der Waals surface area contributed by atoms with Gasteiger partial charge in [0.2, 0.25) is 5.91 Å². The average molecular weight is 496 g/mol. The summed E-state index contributed by atoms with van der Waals surface area (Å²) >= 11 is 6.38. The van der Waals surface area contributed by atoms with Crippen molar-refractivity contribution >= 4 is 33.2 Å². The number of rotatable bonds is 10. The van der Waals surface area contributed by atoms with Gasteiger partial charge in [0.05, 0.1) is 23.2 Å². The van der Waals surface area contributed by atoms with E-state index in [9.17, 15) is 13.2 Å². The summed E-state index contributed by atoms with van der Waals surface area (Å²) in [7, 11) is -2.11. The van der Waals surface area contributed by atoms with Crippen molar-refractivity contribution in [1.29, 1.82) is 0 Å². The van der Waals surface area contributed by atoms with Gasteiger partial charge in [-0.2, -0.15) is 0 Å². The van der Waals surface area contributed by atoms with Gasteiger partial charge in [0.15, 0.2) is 0 Å². The minimum atomic E-state index is -3.70. The highest BCUT2D eigenvalue weighted by Gasteiger charge is 2.38. The summed E-state index contributed by atoms with van der Waals surface area (Å²) in [6.45, 7) is 3.01. The lowest BCUT2D eigenvalue weighted by Gasteiger charge is -2.28. The summed E-state index contributed by atoms with van der Waals surface area (Å²) < 4.78 is 28.1. The smallest absolute Gasteiger partial charge is 0.264 e. The van der Waals surface area contributed by atoms with Gasteiger partial charge in [-0.15, -0.1) is 0 Å². The molecule has 0 saturated heterocycles. The van der Waals surface area contributed by atoms with Crippen molar-refractivity contribution in [1.82, 2.24) is 10.6 Å². The van der Waals surface area contributed by atoms with E-state index in [0.717, 1.165) is 43.4 Å². The van der Waals surface area contributed by atoms with Crippen LogP contribution in [0.5, 0.6) is 0 Å². The number of aliphatic hydroxyl groups excluding tert-OH is 1. The van der Waals surface area contributed by atoms with E-state index < -0.39 is 10.0 Å². The Labute approximate surface area is 201 Å². The van der Waals surface area contributed by atoms with Gasteiger partial charge in [-0.1, -0.05) is 49.6 Å². The highest BCUT2D eigenvalue weighted by Crippen LogP contribution is 2.45. The molecule has 3 N–H and O–H groups in total. The Bertz CT molecular complexity index is 1020. The molecule has 1 aliphatic heterocycles. The second-order valence-corrected chi connectivity index (χ2v) is 11.1. The molecule has 0 spiro atoms. The van der Waals surface area contributed by atoms with E-state index in [1.54, 1.807) is 13.1 Å². The SMILES string of the molecule is CC1CC2=C(C=C1Cl)S(=O)(=O)N(C)c1ccccc1C2NCCCCCCC(=O)NCCO. The number of hydrogen-bond acceptors (Lipinski definition) is 5. The summed E-state index contributed by atoms with van der Waals surface area (Å²) in [6, 6.07) is 7.43. The summed E-state index contributed by atoms with van der Waals surface area (Å²) in [6.07, 6.45) is 6.33. The van der Waals surface area contributed by atoms with Gasteiger partial charge < -0.3 is 15.7 Å². The Morgan fingerprint density at radius 2 is 1.91 bits per heavy atom. The van der Waals surface area contributed by atoms with Crippen LogP contribution >= 0.6 is 11.6 Å². The second kappa shape index (κ2) is 11.5. The molecule has 2 unspecified atom stereocenters. The van der Waals surface area contributed by atoms with Crippen molar-refractivity contribution in [2.75, 3.05) is 31.0 Å². The molecule has 1 aromatic rings. The molecule has 3 rings (SSSR count). The maximum absolute atomic E-state index is 13.4. The van der Waals surface area contributed by atoms with E-state index in [0.29, 0.717) is 35.0 Å². The van der Waals surface area contributed by atoms with Gasteiger partial charge in [0.25, 0.3) is 10.0 Å². The molecule has 0 bridgehead atoms. The minimum Gasteiger partial charge on any atom is -0.395 e. The average Bonchev–Trinajstić information content (AvgIpc) is 2.86. The quantitative estimate of drug-likeness (QED) is 0.431. The van der Waals surface area contributed by atoms with Crippen LogP contribution in [0.1, 0.15) is 57.1 Å². The molecule has 0 saturated carbocycles. The summed E-state index contributed by atoms with van der Waals surface area (Å²) in [5.41, 5.74) is 2.49. The highest BCUT2D eigenvalue weighted by atomic mass is 35.5. The molecule has 0 aromatic heterocycles. The molecular formula is C24H34ClN3O4S. The van der Waals surface area contributed by atoms with Crippen LogP contribution in [0.25, 0.3) is 0 Å². The van der Waals surface area contributed by atoms with Crippen molar-refractivity contribution < 1.29 is 18.3 Å². The number of amides is 1. The number of benzene rings is 1. The Morgan fingerprint density at radius 1 is 1.18 bits per heavy atom. The fourth-order valence-corrected chi connectivity index (χ4v) is 6.18. The third-order valence-corrected chi connectivity index (χ3v) is 8.60. The van der Waals surface area contributed by atoms with Crippen LogP contribution in [-0.2, 0) is 14.8 Å². The van der Waals surface area contributed by atoms with Crippen LogP contribution in [0, 0.1) is 5.92 Å². The first-order chi connectivity index (χ1) is 15.8. The molecule has 9 heteroatoms. The van der Waals surface area contributed by atoms with Crippen LogP contribution in [0.15, 0.2) is 45.9 Å². The van der Waals surface area contributed by atoms with E-state index in [-0.39, 0.29) is 24.5 Å². The fourth-order valence-electron chi connectivity index (χ4n) is 4.40. The molecule has 1 heterocycles. The Balaban J connectivity index is 1.70. The Morgan fingerprint density at radius 3 is 2.67 bits per heavy atom. The van der Waals surface area contributed by atoms with E-state index in [2.05, 4.69) is 10.6 Å². The van der Waals surface area contributed by atoms with Crippen molar-refractivity contribution in [3.8, 4) is 0 Å². The predicted molar refractivity (Wildman–Crippen MR) is 132 cm³/mol. The van der Waals surface area contributed by atoms with Gasteiger partial charge in [-0.3, -0.25) is 9.10 Å². The fraction of sp³-hybridized carbons (Fsp3) is 0.542. The Kier molecular flexibility index (Phi) is 8.98. The lowest BCUT2D eigenvalue weighted by molar-refractivity contribution is -0.121. The Hall–Kier alpha value is -1.87. The van der Waals surface area contributed by atoms with Crippen LogP contribution < -0.4 is 14.9 Å². The van der Waals surface area contributed by atoms with E-state index in [4.69, 9.17) is 16.7 Å². The number of para-hydroxylation sites is 1. The number of carbonyl (C=O) groups is 1. The number of unbranched alkanes of at least 4 members (excludes halogenated alkanes) is 3. The molecule has 1 amide bonds. The van der Waals surface area contributed by atoms with Gasteiger partial charge in [0.1, 0.15) is 0 Å². The maximum Gasteiger partial charge on any atom is 0.264 e.